The number of piperazine rings is 1. The van der Waals surface area contributed by atoms with Crippen LogP contribution in [0, 0.1) is 6.92 Å². The van der Waals surface area contributed by atoms with Gasteiger partial charge in [0.05, 0.1) is 12.3 Å². The van der Waals surface area contributed by atoms with Gasteiger partial charge in [-0.05, 0) is 46.8 Å². The topological polar surface area (TPSA) is 127 Å². The second-order valence-corrected chi connectivity index (χ2v) is 9.17. The molecule has 1 aliphatic heterocycles. The molecule has 1 fully saturated rings. The number of aryl methyl sites for hydroxylation is 1. The van der Waals surface area contributed by atoms with E-state index in [0.29, 0.717) is 50.2 Å². The number of ether oxygens (including phenoxy) is 2. The summed E-state index contributed by atoms with van der Waals surface area (Å²) >= 11 is 0. The smallest absolute Gasteiger partial charge is 0.410 e. The fourth-order valence-electron chi connectivity index (χ4n) is 3.62. The Morgan fingerprint density at radius 2 is 1.80 bits per heavy atom. The SMILES string of the molecule is CCOc1nc2nc(C)cn2cc1C(=O)Nc1ccc(N2CCN(C(=O)OC(C)(C)C)CC2)nn1. The molecule has 0 unspecified atom stereocenters. The minimum atomic E-state index is -0.525. The molecular weight excluding hydrogens is 452 g/mol. The first-order chi connectivity index (χ1) is 16.6. The minimum Gasteiger partial charge on any atom is -0.477 e. The standard InChI is InChI=1S/C23H30N8O4/c1-6-34-20-16(14-31-13-15(2)24-21(31)26-20)19(32)25-17-7-8-18(28-27-17)29-9-11-30(12-10-29)22(33)35-23(3,4)5/h7-8,13-14H,6,9-12H2,1-5H3,(H,25,27,32). The number of hydrogen-bond donors (Lipinski definition) is 1. The molecule has 35 heavy (non-hydrogen) atoms. The number of carbonyl (C=O) groups is 2. The van der Waals surface area contributed by atoms with Gasteiger partial charge in [-0.15, -0.1) is 10.2 Å². The van der Waals surface area contributed by atoms with Gasteiger partial charge in [-0.1, -0.05) is 0 Å². The first-order valence-electron chi connectivity index (χ1n) is 11.5. The molecule has 4 heterocycles. The van der Waals surface area contributed by atoms with Crippen molar-refractivity contribution in [1.29, 1.82) is 0 Å². The van der Waals surface area contributed by atoms with Gasteiger partial charge < -0.3 is 24.6 Å². The number of imidazole rings is 1. The van der Waals surface area contributed by atoms with E-state index in [1.165, 1.54) is 0 Å². The number of hydrogen-bond acceptors (Lipinski definition) is 9. The normalized spacial score (nSPS) is 14.2. The molecule has 0 spiro atoms. The van der Waals surface area contributed by atoms with Gasteiger partial charge in [-0.2, -0.15) is 4.98 Å². The van der Waals surface area contributed by atoms with Crippen molar-refractivity contribution in [3.63, 3.8) is 0 Å². The largest absolute Gasteiger partial charge is 0.477 e. The lowest BCUT2D eigenvalue weighted by molar-refractivity contribution is 0.0240. The lowest BCUT2D eigenvalue weighted by atomic mass is 10.2. The summed E-state index contributed by atoms with van der Waals surface area (Å²) in [5.41, 5.74) is 0.523. The maximum atomic E-state index is 13.0. The predicted molar refractivity (Wildman–Crippen MR) is 129 cm³/mol. The number of amides is 2. The van der Waals surface area contributed by atoms with Crippen LogP contribution in [0.1, 0.15) is 43.7 Å². The Labute approximate surface area is 203 Å². The van der Waals surface area contributed by atoms with Crippen LogP contribution >= 0.6 is 0 Å². The highest BCUT2D eigenvalue weighted by Gasteiger charge is 2.26. The van der Waals surface area contributed by atoms with E-state index in [4.69, 9.17) is 9.47 Å². The van der Waals surface area contributed by atoms with E-state index in [1.54, 1.807) is 33.8 Å². The van der Waals surface area contributed by atoms with Gasteiger partial charge in [0, 0.05) is 38.6 Å². The number of rotatable bonds is 5. The van der Waals surface area contributed by atoms with Crippen molar-refractivity contribution in [3.8, 4) is 5.88 Å². The molecule has 12 heteroatoms. The van der Waals surface area contributed by atoms with Gasteiger partial charge in [0.2, 0.25) is 11.7 Å². The molecule has 3 aromatic heterocycles. The Morgan fingerprint density at radius 1 is 1.06 bits per heavy atom. The molecule has 12 nitrogen and oxygen atoms in total. The lowest BCUT2D eigenvalue weighted by Gasteiger charge is -2.35. The molecule has 1 saturated heterocycles. The van der Waals surface area contributed by atoms with Crippen molar-refractivity contribution in [2.24, 2.45) is 0 Å². The van der Waals surface area contributed by atoms with Gasteiger partial charge in [-0.25, -0.2) is 9.78 Å². The third-order valence-corrected chi connectivity index (χ3v) is 5.21. The number of fused-ring (bicyclic) bond motifs is 1. The van der Waals surface area contributed by atoms with Crippen LogP contribution in [0.25, 0.3) is 5.78 Å². The molecule has 0 atom stereocenters. The number of anilines is 2. The zero-order valence-corrected chi connectivity index (χ0v) is 20.6. The van der Waals surface area contributed by atoms with Crippen molar-refractivity contribution in [2.75, 3.05) is 43.0 Å². The summed E-state index contributed by atoms with van der Waals surface area (Å²) in [6, 6.07) is 3.48. The fourth-order valence-corrected chi connectivity index (χ4v) is 3.62. The second-order valence-electron chi connectivity index (χ2n) is 9.17. The quantitative estimate of drug-likeness (QED) is 0.583. The number of nitrogens with zero attached hydrogens (tertiary/aromatic N) is 7. The molecule has 0 bridgehead atoms. The highest BCUT2D eigenvalue weighted by atomic mass is 16.6. The molecule has 4 rings (SSSR count). The molecule has 3 aromatic rings. The summed E-state index contributed by atoms with van der Waals surface area (Å²) in [6.07, 6.45) is 3.10. The van der Waals surface area contributed by atoms with Crippen LogP contribution < -0.4 is 15.0 Å². The maximum absolute atomic E-state index is 13.0. The van der Waals surface area contributed by atoms with Gasteiger partial charge >= 0.3 is 6.09 Å². The molecule has 2 amide bonds. The minimum absolute atomic E-state index is 0.204. The van der Waals surface area contributed by atoms with Gasteiger partial charge in [0.25, 0.3) is 5.91 Å². The molecular formula is C23H30N8O4. The number of carbonyl (C=O) groups excluding carboxylic acids is 2. The highest BCUT2D eigenvalue weighted by molar-refractivity contribution is 6.05. The third-order valence-electron chi connectivity index (χ3n) is 5.21. The number of aromatic nitrogens is 5. The first kappa shape index (κ1) is 24.2. The number of nitrogens with one attached hydrogen (secondary N) is 1. The predicted octanol–water partition coefficient (Wildman–Crippen LogP) is 2.54. The second kappa shape index (κ2) is 9.72. The lowest BCUT2D eigenvalue weighted by Crippen LogP contribution is -2.50. The Kier molecular flexibility index (Phi) is 6.72. The van der Waals surface area contributed by atoms with Crippen LogP contribution in [-0.4, -0.2) is 79.9 Å². The molecule has 0 radical (unpaired) electrons. The van der Waals surface area contributed by atoms with Crippen molar-refractivity contribution in [3.05, 3.63) is 35.8 Å². The molecule has 0 aliphatic carbocycles. The van der Waals surface area contributed by atoms with Gasteiger partial charge in [-0.3, -0.25) is 9.20 Å². The Hall–Kier alpha value is -3.96. The molecule has 186 valence electrons. The van der Waals surface area contributed by atoms with Gasteiger partial charge in [0.1, 0.15) is 11.2 Å². The zero-order valence-electron chi connectivity index (χ0n) is 20.6. The summed E-state index contributed by atoms with van der Waals surface area (Å²) < 4.78 is 12.7. The molecule has 1 N–H and O–H groups in total. The van der Waals surface area contributed by atoms with E-state index in [9.17, 15) is 9.59 Å². The van der Waals surface area contributed by atoms with Crippen LogP contribution in [0.4, 0.5) is 16.4 Å². The zero-order chi connectivity index (χ0) is 25.2. The average molecular weight is 483 g/mol. The van der Waals surface area contributed by atoms with Crippen LogP contribution in [0.5, 0.6) is 5.88 Å². The van der Waals surface area contributed by atoms with E-state index in [2.05, 4.69) is 25.5 Å². The average Bonchev–Trinajstić information content (AvgIpc) is 3.17. The van der Waals surface area contributed by atoms with Crippen LogP contribution in [0.2, 0.25) is 0 Å². The molecule has 0 saturated carbocycles. The Morgan fingerprint density at radius 3 is 2.43 bits per heavy atom. The van der Waals surface area contributed by atoms with Crippen molar-refractivity contribution < 1.29 is 19.1 Å². The Balaban J connectivity index is 1.40. The summed E-state index contributed by atoms with van der Waals surface area (Å²) in [5, 5.41) is 11.2. The van der Waals surface area contributed by atoms with Gasteiger partial charge in [0.15, 0.2) is 11.6 Å². The van der Waals surface area contributed by atoms with Crippen molar-refractivity contribution in [1.82, 2.24) is 29.5 Å². The van der Waals surface area contributed by atoms with E-state index in [-0.39, 0.29) is 17.5 Å². The molecule has 1 aliphatic rings. The van der Waals surface area contributed by atoms with Crippen molar-refractivity contribution >= 4 is 29.4 Å². The summed E-state index contributed by atoms with van der Waals surface area (Å²) in [7, 11) is 0. The summed E-state index contributed by atoms with van der Waals surface area (Å²) in [6.45, 7) is 11.8. The van der Waals surface area contributed by atoms with Crippen molar-refractivity contribution in [2.45, 2.75) is 40.2 Å². The summed E-state index contributed by atoms with van der Waals surface area (Å²) in [5.74, 6) is 1.21. The van der Waals surface area contributed by atoms with E-state index in [0.717, 1.165) is 5.69 Å². The van der Waals surface area contributed by atoms with Crippen LogP contribution in [-0.2, 0) is 4.74 Å². The van der Waals surface area contributed by atoms with Crippen LogP contribution in [0.3, 0.4) is 0 Å². The monoisotopic (exact) mass is 482 g/mol. The maximum Gasteiger partial charge on any atom is 0.410 e. The van der Waals surface area contributed by atoms with E-state index >= 15 is 0 Å². The fraction of sp³-hybridized carbons (Fsp3) is 0.478. The molecule has 0 aromatic carbocycles. The third kappa shape index (κ3) is 5.76. The Bertz CT molecular complexity index is 1210. The van der Waals surface area contributed by atoms with E-state index in [1.807, 2.05) is 39.5 Å². The van der Waals surface area contributed by atoms with E-state index < -0.39 is 11.5 Å². The highest BCUT2D eigenvalue weighted by Crippen LogP contribution is 2.20. The van der Waals surface area contributed by atoms with Crippen LogP contribution in [0.15, 0.2) is 24.5 Å². The summed E-state index contributed by atoms with van der Waals surface area (Å²) in [4.78, 5) is 37.6. The first-order valence-corrected chi connectivity index (χ1v) is 11.5.